The van der Waals surface area contributed by atoms with Crippen molar-refractivity contribution >= 4 is 44.6 Å². The molecule has 0 aliphatic heterocycles. The second-order valence-corrected chi connectivity index (χ2v) is 11.0. The monoisotopic (exact) mass is 521 g/mol. The van der Waals surface area contributed by atoms with Crippen LogP contribution in [0.15, 0.2) is 52.7 Å². The minimum atomic E-state index is -3.69. The van der Waals surface area contributed by atoms with E-state index in [9.17, 15) is 13.2 Å². The lowest BCUT2D eigenvalue weighted by Crippen LogP contribution is -2.30. The molecule has 0 bridgehead atoms. The number of rotatable bonds is 10. The summed E-state index contributed by atoms with van der Waals surface area (Å²) in [4.78, 5) is 17.5. The fourth-order valence-corrected chi connectivity index (χ4v) is 5.83. The summed E-state index contributed by atoms with van der Waals surface area (Å²) in [7, 11) is -3.69. The van der Waals surface area contributed by atoms with Gasteiger partial charge >= 0.3 is 0 Å². The molecule has 0 saturated carbocycles. The molecule has 3 rings (SSSR count). The minimum absolute atomic E-state index is 0.0329. The van der Waals surface area contributed by atoms with Gasteiger partial charge in [0.1, 0.15) is 10.8 Å². The molecule has 182 valence electrons. The van der Waals surface area contributed by atoms with Crippen LogP contribution in [0.3, 0.4) is 0 Å². The van der Waals surface area contributed by atoms with Crippen molar-refractivity contribution in [2.24, 2.45) is 0 Å². The number of anilines is 1. The van der Waals surface area contributed by atoms with Gasteiger partial charge in [-0.3, -0.25) is 4.79 Å². The summed E-state index contributed by atoms with van der Waals surface area (Å²) in [6, 6.07) is 11.9. The maximum absolute atomic E-state index is 13.0. The average molecular weight is 522 g/mol. The molecule has 0 saturated heterocycles. The number of sulfonamides is 1. The first kappa shape index (κ1) is 26.2. The zero-order chi connectivity index (χ0) is 24.9. The van der Waals surface area contributed by atoms with Crippen molar-refractivity contribution in [3.63, 3.8) is 0 Å². The summed E-state index contributed by atoms with van der Waals surface area (Å²) in [5.74, 6) is 0.0775. The van der Waals surface area contributed by atoms with Crippen molar-refractivity contribution in [1.29, 1.82) is 0 Å². The zero-order valence-electron chi connectivity index (χ0n) is 19.5. The quantitative estimate of drug-likeness (QED) is 0.382. The number of benzene rings is 2. The second-order valence-electron chi connectivity index (χ2n) is 7.79. The first-order valence-electron chi connectivity index (χ1n) is 10.9. The first-order chi connectivity index (χ1) is 16.1. The van der Waals surface area contributed by atoms with Crippen molar-refractivity contribution in [1.82, 2.24) is 9.29 Å². The normalized spacial score (nSPS) is 11.7. The SMILES string of the molecule is CCN(CC)S(=O)(=O)c1ccc(OC(C)C)c(NC(=O)Cc2csc(-c3cccc(Cl)c3)n2)c1. The summed E-state index contributed by atoms with van der Waals surface area (Å²) >= 11 is 7.49. The Labute approximate surface area is 209 Å². The van der Waals surface area contributed by atoms with Crippen molar-refractivity contribution in [2.75, 3.05) is 18.4 Å². The predicted octanol–water partition coefficient (Wildman–Crippen LogP) is 5.46. The Morgan fingerprint density at radius 3 is 2.56 bits per heavy atom. The Morgan fingerprint density at radius 2 is 1.91 bits per heavy atom. The molecule has 0 spiro atoms. The van der Waals surface area contributed by atoms with E-state index in [4.69, 9.17) is 16.3 Å². The van der Waals surface area contributed by atoms with E-state index in [0.717, 1.165) is 10.6 Å². The van der Waals surface area contributed by atoms with Gasteiger partial charge in [0.25, 0.3) is 0 Å². The molecular weight excluding hydrogens is 494 g/mol. The van der Waals surface area contributed by atoms with Gasteiger partial charge in [-0.1, -0.05) is 37.6 Å². The van der Waals surface area contributed by atoms with Crippen LogP contribution in [-0.2, 0) is 21.2 Å². The summed E-state index contributed by atoms with van der Waals surface area (Å²) in [5.41, 5.74) is 1.79. The minimum Gasteiger partial charge on any atom is -0.489 e. The number of nitrogens with zero attached hydrogens (tertiary/aromatic N) is 2. The number of aromatic nitrogens is 1. The maximum Gasteiger partial charge on any atom is 0.243 e. The largest absolute Gasteiger partial charge is 0.489 e. The lowest BCUT2D eigenvalue weighted by Gasteiger charge is -2.20. The molecule has 0 aliphatic rings. The van der Waals surface area contributed by atoms with Gasteiger partial charge in [-0.15, -0.1) is 11.3 Å². The molecule has 2 aromatic carbocycles. The van der Waals surface area contributed by atoms with Crippen molar-refractivity contribution < 1.29 is 17.9 Å². The molecular formula is C24H28ClN3O4S2. The van der Waals surface area contributed by atoms with Crippen molar-refractivity contribution in [3.05, 3.63) is 58.6 Å². The molecule has 10 heteroatoms. The van der Waals surface area contributed by atoms with Crippen LogP contribution in [0.2, 0.25) is 5.02 Å². The standard InChI is InChI=1S/C24H28ClN3O4S2/c1-5-28(6-2)34(30,31)20-10-11-22(32-16(3)4)21(14-20)27-23(29)13-19-15-33-24(26-19)17-8-7-9-18(25)12-17/h7-12,14-16H,5-6,13H2,1-4H3,(H,27,29). The van der Waals surface area contributed by atoms with Crippen LogP contribution >= 0.6 is 22.9 Å². The Balaban J connectivity index is 1.83. The highest BCUT2D eigenvalue weighted by Gasteiger charge is 2.24. The average Bonchev–Trinajstić information content (AvgIpc) is 3.23. The van der Waals surface area contributed by atoms with Crippen molar-refractivity contribution in [2.45, 2.75) is 45.1 Å². The van der Waals surface area contributed by atoms with Crippen LogP contribution < -0.4 is 10.1 Å². The van der Waals surface area contributed by atoms with E-state index in [1.807, 2.05) is 37.4 Å². The third kappa shape index (κ3) is 6.35. The number of ether oxygens (including phenoxy) is 1. The molecule has 34 heavy (non-hydrogen) atoms. The number of amides is 1. The van der Waals surface area contributed by atoms with Crippen LogP contribution in [0.4, 0.5) is 5.69 Å². The third-order valence-corrected chi connectivity index (χ3v) is 8.12. The molecule has 0 fully saturated rings. The van der Waals surface area contributed by atoms with Gasteiger partial charge in [-0.05, 0) is 44.2 Å². The van der Waals surface area contributed by atoms with Gasteiger partial charge in [0.05, 0.1) is 28.8 Å². The lowest BCUT2D eigenvalue weighted by atomic mass is 10.2. The number of hydrogen-bond acceptors (Lipinski definition) is 6. The van der Waals surface area contributed by atoms with Gasteiger partial charge in [0.15, 0.2) is 0 Å². The van der Waals surface area contributed by atoms with E-state index >= 15 is 0 Å². The Morgan fingerprint density at radius 1 is 1.18 bits per heavy atom. The molecule has 1 amide bonds. The summed E-state index contributed by atoms with van der Waals surface area (Å²) in [5, 5.41) is 6.01. The van der Waals surface area contributed by atoms with E-state index in [2.05, 4.69) is 10.3 Å². The molecule has 0 atom stereocenters. The van der Waals surface area contributed by atoms with Crippen LogP contribution in [0.1, 0.15) is 33.4 Å². The second kappa shape index (κ2) is 11.3. The smallest absolute Gasteiger partial charge is 0.243 e. The fraction of sp³-hybridized carbons (Fsp3) is 0.333. The Kier molecular flexibility index (Phi) is 8.70. The molecule has 1 heterocycles. The fourth-order valence-electron chi connectivity index (χ4n) is 3.34. The molecule has 0 radical (unpaired) electrons. The number of carbonyl (C=O) groups excluding carboxylic acids is 1. The van der Waals surface area contributed by atoms with Crippen LogP contribution in [-0.4, -0.2) is 42.8 Å². The molecule has 1 N–H and O–H groups in total. The zero-order valence-corrected chi connectivity index (χ0v) is 21.9. The van der Waals surface area contributed by atoms with Gasteiger partial charge < -0.3 is 10.1 Å². The van der Waals surface area contributed by atoms with E-state index in [0.29, 0.717) is 35.2 Å². The summed E-state index contributed by atoms with van der Waals surface area (Å²) in [6.07, 6.45) is -0.120. The van der Waals surface area contributed by atoms with Gasteiger partial charge in [-0.25, -0.2) is 13.4 Å². The maximum atomic E-state index is 13.0. The van der Waals surface area contributed by atoms with Crippen LogP contribution in [0.5, 0.6) is 5.75 Å². The van der Waals surface area contributed by atoms with Gasteiger partial charge in [0.2, 0.25) is 15.9 Å². The number of hydrogen-bond donors (Lipinski definition) is 1. The highest BCUT2D eigenvalue weighted by atomic mass is 35.5. The summed E-state index contributed by atoms with van der Waals surface area (Å²) in [6.45, 7) is 7.99. The van der Waals surface area contributed by atoms with Gasteiger partial charge in [0, 0.05) is 29.1 Å². The Hall–Kier alpha value is -2.46. The van der Waals surface area contributed by atoms with E-state index in [1.54, 1.807) is 26.0 Å². The molecule has 7 nitrogen and oxygen atoms in total. The molecule has 0 unspecified atom stereocenters. The number of thiazole rings is 1. The third-order valence-electron chi connectivity index (χ3n) is 4.90. The lowest BCUT2D eigenvalue weighted by molar-refractivity contribution is -0.115. The van der Waals surface area contributed by atoms with Crippen LogP contribution in [0, 0.1) is 0 Å². The van der Waals surface area contributed by atoms with Gasteiger partial charge in [-0.2, -0.15) is 4.31 Å². The molecule has 3 aromatic rings. The number of carbonyl (C=O) groups is 1. The van der Waals surface area contributed by atoms with E-state index < -0.39 is 10.0 Å². The van der Waals surface area contributed by atoms with E-state index in [-0.39, 0.29) is 23.3 Å². The van der Waals surface area contributed by atoms with E-state index in [1.165, 1.54) is 27.8 Å². The highest BCUT2D eigenvalue weighted by molar-refractivity contribution is 7.89. The topological polar surface area (TPSA) is 88.6 Å². The molecule has 1 aromatic heterocycles. The number of nitrogens with one attached hydrogen (secondary N) is 1. The van der Waals surface area contributed by atoms with Crippen LogP contribution in [0.25, 0.3) is 10.6 Å². The number of halogens is 1. The highest BCUT2D eigenvalue weighted by Crippen LogP contribution is 2.31. The first-order valence-corrected chi connectivity index (χ1v) is 13.6. The summed E-state index contributed by atoms with van der Waals surface area (Å²) < 4.78 is 33.1. The molecule has 0 aliphatic carbocycles. The van der Waals surface area contributed by atoms with Crippen molar-refractivity contribution in [3.8, 4) is 16.3 Å². The Bertz CT molecular complexity index is 1250. The predicted molar refractivity (Wildman–Crippen MR) is 137 cm³/mol.